The van der Waals surface area contributed by atoms with Gasteiger partial charge in [-0.15, -0.1) is 0 Å². The molecule has 0 bridgehead atoms. The Morgan fingerprint density at radius 1 is 1.07 bits per heavy atom. The van der Waals surface area contributed by atoms with Gasteiger partial charge in [0.2, 0.25) is 15.9 Å². The molecule has 0 radical (unpaired) electrons. The van der Waals surface area contributed by atoms with Gasteiger partial charge in [0.05, 0.1) is 18.6 Å². The summed E-state index contributed by atoms with van der Waals surface area (Å²) in [6.07, 6.45) is 1.89. The molecule has 0 aliphatic rings. The van der Waals surface area contributed by atoms with Gasteiger partial charge < -0.3 is 10.1 Å². The van der Waals surface area contributed by atoms with Crippen molar-refractivity contribution < 1.29 is 17.9 Å². The summed E-state index contributed by atoms with van der Waals surface area (Å²) < 4.78 is 31.2. The van der Waals surface area contributed by atoms with Crippen molar-refractivity contribution >= 4 is 21.6 Å². The lowest BCUT2D eigenvalue weighted by Crippen LogP contribution is -2.32. The summed E-state index contributed by atoms with van der Waals surface area (Å²) in [5, 5.41) is 2.87. The number of hydrogen-bond acceptors (Lipinski definition) is 4. The number of amides is 1. The highest BCUT2D eigenvalue weighted by Gasteiger charge is 2.18. The molecule has 0 heterocycles. The first kappa shape index (κ1) is 22.7. The Morgan fingerprint density at radius 2 is 1.76 bits per heavy atom. The number of rotatable bonds is 10. The summed E-state index contributed by atoms with van der Waals surface area (Å²) in [4.78, 5) is 12.1. The van der Waals surface area contributed by atoms with Crippen LogP contribution in [0.4, 0.5) is 5.69 Å². The quantitative estimate of drug-likeness (QED) is 0.640. The molecule has 0 spiro atoms. The topological polar surface area (TPSA) is 75.7 Å². The number of ether oxygens (including phenoxy) is 1. The molecule has 0 aromatic heterocycles. The number of carbonyl (C=O) groups is 1. The first-order valence-corrected chi connectivity index (χ1v) is 11.6. The van der Waals surface area contributed by atoms with Crippen LogP contribution in [0, 0.1) is 13.8 Å². The lowest BCUT2D eigenvalue weighted by atomic mass is 10.1. The van der Waals surface area contributed by atoms with Gasteiger partial charge in [0, 0.05) is 19.5 Å². The molecule has 158 valence electrons. The first-order chi connectivity index (χ1) is 13.7. The van der Waals surface area contributed by atoms with Gasteiger partial charge in [0.1, 0.15) is 5.75 Å². The zero-order valence-electron chi connectivity index (χ0n) is 17.6. The van der Waals surface area contributed by atoms with Gasteiger partial charge in [0.25, 0.3) is 0 Å². The van der Waals surface area contributed by atoms with Gasteiger partial charge in [-0.25, -0.2) is 8.42 Å². The highest BCUT2D eigenvalue weighted by molar-refractivity contribution is 7.92. The van der Waals surface area contributed by atoms with Crippen LogP contribution in [0.1, 0.15) is 36.5 Å². The average Bonchev–Trinajstić information content (AvgIpc) is 2.66. The van der Waals surface area contributed by atoms with Crippen LogP contribution in [-0.4, -0.2) is 33.7 Å². The van der Waals surface area contributed by atoms with Crippen LogP contribution >= 0.6 is 0 Å². The summed E-state index contributed by atoms with van der Waals surface area (Å²) >= 11 is 0. The highest BCUT2D eigenvalue weighted by Crippen LogP contribution is 2.21. The molecule has 0 fully saturated rings. The third-order valence-electron chi connectivity index (χ3n) is 4.67. The van der Waals surface area contributed by atoms with Gasteiger partial charge in [-0.05, 0) is 68.1 Å². The van der Waals surface area contributed by atoms with Crippen LogP contribution in [0.15, 0.2) is 42.5 Å². The highest BCUT2D eigenvalue weighted by atomic mass is 32.2. The minimum absolute atomic E-state index is 0.104. The average molecular weight is 419 g/mol. The Balaban J connectivity index is 1.87. The number of nitrogens with one attached hydrogen (secondary N) is 1. The van der Waals surface area contributed by atoms with Crippen LogP contribution in [0.2, 0.25) is 0 Å². The Kier molecular flexibility index (Phi) is 8.08. The van der Waals surface area contributed by atoms with E-state index >= 15 is 0 Å². The molecule has 0 aliphatic heterocycles. The van der Waals surface area contributed by atoms with E-state index in [1.54, 1.807) is 6.07 Å². The molecule has 1 amide bonds. The van der Waals surface area contributed by atoms with Crippen LogP contribution in [0.3, 0.4) is 0 Å². The van der Waals surface area contributed by atoms with Crippen molar-refractivity contribution in [1.82, 2.24) is 5.32 Å². The lowest BCUT2D eigenvalue weighted by molar-refractivity contribution is -0.121. The second-order valence-corrected chi connectivity index (χ2v) is 8.97. The molecular weight excluding hydrogens is 388 g/mol. The smallest absolute Gasteiger partial charge is 0.232 e. The zero-order chi connectivity index (χ0) is 21.4. The Morgan fingerprint density at radius 3 is 2.34 bits per heavy atom. The molecule has 0 unspecified atom stereocenters. The normalized spacial score (nSPS) is 11.2. The fourth-order valence-electron chi connectivity index (χ4n) is 2.91. The van der Waals surface area contributed by atoms with Crippen LogP contribution in [-0.2, 0) is 21.4 Å². The van der Waals surface area contributed by atoms with Gasteiger partial charge in [0.15, 0.2) is 0 Å². The molecule has 2 aromatic carbocycles. The maximum absolute atomic E-state index is 12.2. The van der Waals surface area contributed by atoms with E-state index in [0.29, 0.717) is 25.3 Å². The third kappa shape index (κ3) is 7.09. The monoisotopic (exact) mass is 418 g/mol. The zero-order valence-corrected chi connectivity index (χ0v) is 18.4. The maximum atomic E-state index is 12.2. The minimum Gasteiger partial charge on any atom is -0.494 e. The number of nitrogens with zero attached hydrogens (tertiary/aromatic N) is 1. The van der Waals surface area contributed by atoms with Crippen LogP contribution in [0.5, 0.6) is 5.75 Å². The molecule has 0 atom stereocenters. The van der Waals surface area contributed by atoms with Crippen molar-refractivity contribution in [2.45, 2.75) is 40.2 Å². The van der Waals surface area contributed by atoms with Gasteiger partial charge in [-0.1, -0.05) is 18.2 Å². The standard InChI is InChI=1S/C22H30N2O4S/c1-5-28-21-12-9-19(10-13-21)16-23-22(25)7-6-14-24(29(4,26)27)20-11-8-17(2)18(3)15-20/h8-13,15H,5-7,14,16H2,1-4H3,(H,23,25). The largest absolute Gasteiger partial charge is 0.494 e. The molecule has 6 nitrogen and oxygen atoms in total. The van der Waals surface area contributed by atoms with E-state index in [0.717, 1.165) is 22.4 Å². The van der Waals surface area contributed by atoms with Gasteiger partial charge >= 0.3 is 0 Å². The fraction of sp³-hybridized carbons (Fsp3) is 0.409. The molecule has 0 aliphatic carbocycles. The van der Waals surface area contributed by atoms with Crippen molar-refractivity contribution in [3.8, 4) is 5.75 Å². The summed E-state index contributed by atoms with van der Waals surface area (Å²) in [5.74, 6) is 0.696. The summed E-state index contributed by atoms with van der Waals surface area (Å²) in [6, 6.07) is 13.1. The number of hydrogen-bond donors (Lipinski definition) is 1. The van der Waals surface area contributed by atoms with E-state index in [1.807, 2.05) is 57.2 Å². The van der Waals surface area contributed by atoms with E-state index in [2.05, 4.69) is 5.32 Å². The number of sulfonamides is 1. The molecule has 1 N–H and O–H groups in total. The van der Waals surface area contributed by atoms with Crippen molar-refractivity contribution in [3.63, 3.8) is 0 Å². The first-order valence-electron chi connectivity index (χ1n) is 9.74. The molecule has 2 rings (SSSR count). The second-order valence-electron chi connectivity index (χ2n) is 7.06. The van der Waals surface area contributed by atoms with Gasteiger partial charge in [-0.3, -0.25) is 9.10 Å². The van der Waals surface area contributed by atoms with Crippen molar-refractivity contribution in [1.29, 1.82) is 0 Å². The minimum atomic E-state index is -3.42. The Hall–Kier alpha value is -2.54. The van der Waals surface area contributed by atoms with Crippen molar-refractivity contribution in [3.05, 3.63) is 59.2 Å². The predicted octanol–water partition coefficient (Wildman–Crippen LogP) is 3.56. The summed E-state index contributed by atoms with van der Waals surface area (Å²) in [5.41, 5.74) is 3.75. The van der Waals surface area contributed by atoms with Gasteiger partial charge in [-0.2, -0.15) is 0 Å². The fourth-order valence-corrected chi connectivity index (χ4v) is 3.87. The molecule has 29 heavy (non-hydrogen) atoms. The van der Waals surface area contributed by atoms with Crippen molar-refractivity contribution in [2.24, 2.45) is 0 Å². The molecule has 0 saturated carbocycles. The number of benzene rings is 2. The van der Waals surface area contributed by atoms with E-state index < -0.39 is 10.0 Å². The van der Waals surface area contributed by atoms with Crippen LogP contribution < -0.4 is 14.4 Å². The van der Waals surface area contributed by atoms with Crippen LogP contribution in [0.25, 0.3) is 0 Å². The lowest BCUT2D eigenvalue weighted by Gasteiger charge is -2.23. The summed E-state index contributed by atoms with van der Waals surface area (Å²) in [7, 11) is -3.42. The molecule has 7 heteroatoms. The molecule has 0 saturated heterocycles. The van der Waals surface area contributed by atoms with E-state index in [9.17, 15) is 13.2 Å². The Labute approximate surface area is 173 Å². The predicted molar refractivity (Wildman–Crippen MR) is 117 cm³/mol. The molecule has 2 aromatic rings. The van der Waals surface area contributed by atoms with E-state index in [4.69, 9.17) is 4.74 Å². The van der Waals surface area contributed by atoms with E-state index in [-0.39, 0.29) is 18.9 Å². The Bertz CT molecular complexity index is 924. The second kappa shape index (κ2) is 10.3. The van der Waals surface area contributed by atoms with Crippen molar-refractivity contribution in [2.75, 3.05) is 23.7 Å². The summed E-state index contributed by atoms with van der Waals surface area (Å²) in [6.45, 7) is 7.17. The number of carbonyl (C=O) groups excluding carboxylic acids is 1. The number of anilines is 1. The molecular formula is C22H30N2O4S. The maximum Gasteiger partial charge on any atom is 0.232 e. The third-order valence-corrected chi connectivity index (χ3v) is 5.86. The number of aryl methyl sites for hydroxylation is 2. The SMILES string of the molecule is CCOc1ccc(CNC(=O)CCCN(c2ccc(C)c(C)c2)S(C)(=O)=O)cc1. The van der Waals surface area contributed by atoms with E-state index in [1.165, 1.54) is 10.6 Å².